The summed E-state index contributed by atoms with van der Waals surface area (Å²) >= 11 is 0. The fourth-order valence-corrected chi connectivity index (χ4v) is 2.13. The van der Waals surface area contributed by atoms with E-state index in [0.29, 0.717) is 6.61 Å². The van der Waals surface area contributed by atoms with Gasteiger partial charge in [-0.15, -0.1) is 0 Å². The highest BCUT2D eigenvalue weighted by atomic mass is 16.5. The summed E-state index contributed by atoms with van der Waals surface area (Å²) in [5, 5.41) is 9.56. The van der Waals surface area contributed by atoms with Gasteiger partial charge in [0.15, 0.2) is 0 Å². The zero-order valence-corrected chi connectivity index (χ0v) is 12.4. The van der Waals surface area contributed by atoms with Crippen molar-refractivity contribution in [2.45, 2.75) is 39.9 Å². The molecule has 0 unspecified atom stereocenters. The molecular weight excluding hydrogens is 248 g/mol. The molecule has 0 saturated heterocycles. The van der Waals surface area contributed by atoms with Gasteiger partial charge >= 0.3 is 0 Å². The van der Waals surface area contributed by atoms with Crippen molar-refractivity contribution < 1.29 is 9.84 Å². The molecule has 106 valence electrons. The van der Waals surface area contributed by atoms with Gasteiger partial charge in [0.05, 0.1) is 6.10 Å². The molecule has 0 aliphatic carbocycles. The van der Waals surface area contributed by atoms with Crippen LogP contribution in [0.5, 0.6) is 5.75 Å². The summed E-state index contributed by atoms with van der Waals surface area (Å²) in [7, 11) is 0. The molecule has 2 nitrogen and oxygen atoms in total. The molecule has 1 atom stereocenters. The van der Waals surface area contributed by atoms with Crippen molar-refractivity contribution in [2.24, 2.45) is 0 Å². The van der Waals surface area contributed by atoms with Gasteiger partial charge in [0, 0.05) is 0 Å². The number of aryl methyl sites for hydroxylation is 2. The molecule has 0 saturated carbocycles. The van der Waals surface area contributed by atoms with Gasteiger partial charge in [0.1, 0.15) is 12.4 Å². The molecular formula is C18H22O2. The van der Waals surface area contributed by atoms with E-state index >= 15 is 0 Å². The Hall–Kier alpha value is -1.80. The smallest absolute Gasteiger partial charge is 0.122 e. The Kier molecular flexibility index (Phi) is 4.80. The Morgan fingerprint density at radius 1 is 1.05 bits per heavy atom. The fourth-order valence-electron chi connectivity index (χ4n) is 2.13. The molecule has 0 radical (unpaired) electrons. The maximum atomic E-state index is 9.56. The second-order valence-corrected chi connectivity index (χ2v) is 5.16. The van der Waals surface area contributed by atoms with Crippen LogP contribution in [0.15, 0.2) is 42.5 Å². The van der Waals surface area contributed by atoms with E-state index in [1.54, 1.807) is 6.92 Å². The number of ether oxygens (including phenoxy) is 1. The van der Waals surface area contributed by atoms with Crippen LogP contribution in [-0.2, 0) is 13.0 Å². The Labute approximate surface area is 121 Å². The number of aliphatic hydroxyl groups excluding tert-OH is 1. The standard InChI is InChI=1S/C18H22O2/c1-4-15-5-7-16(8-6-15)12-20-18-10-9-17(14(3)19)11-13(18)2/h5-11,14,19H,4,12H2,1-3H3/t14-/m1/s1. The predicted octanol–water partition coefficient (Wildman–Crippen LogP) is 4.19. The van der Waals surface area contributed by atoms with Crippen LogP contribution in [0.2, 0.25) is 0 Å². The third-order valence-electron chi connectivity index (χ3n) is 3.51. The first-order valence-electron chi connectivity index (χ1n) is 7.09. The summed E-state index contributed by atoms with van der Waals surface area (Å²) in [5.41, 5.74) is 4.48. The number of aliphatic hydroxyl groups is 1. The molecule has 0 fully saturated rings. The van der Waals surface area contributed by atoms with Crippen LogP contribution < -0.4 is 4.74 Å². The summed E-state index contributed by atoms with van der Waals surface area (Å²) in [6.07, 6.45) is 0.616. The summed E-state index contributed by atoms with van der Waals surface area (Å²) in [6, 6.07) is 14.3. The van der Waals surface area contributed by atoms with E-state index in [0.717, 1.165) is 23.3 Å². The van der Waals surface area contributed by atoms with E-state index in [1.807, 2.05) is 25.1 Å². The van der Waals surface area contributed by atoms with Crippen LogP contribution in [0.1, 0.15) is 42.2 Å². The van der Waals surface area contributed by atoms with Crippen LogP contribution in [0.3, 0.4) is 0 Å². The van der Waals surface area contributed by atoms with E-state index in [4.69, 9.17) is 4.74 Å². The number of rotatable bonds is 5. The molecule has 0 aliphatic rings. The van der Waals surface area contributed by atoms with Gasteiger partial charge in [-0.25, -0.2) is 0 Å². The van der Waals surface area contributed by atoms with Gasteiger partial charge in [0.25, 0.3) is 0 Å². The third kappa shape index (κ3) is 3.61. The summed E-state index contributed by atoms with van der Waals surface area (Å²) in [6.45, 7) is 6.49. The minimum Gasteiger partial charge on any atom is -0.489 e. The molecule has 2 heteroatoms. The molecule has 0 spiro atoms. The average Bonchev–Trinajstić information content (AvgIpc) is 2.46. The maximum Gasteiger partial charge on any atom is 0.122 e. The Bertz CT molecular complexity index is 556. The van der Waals surface area contributed by atoms with Gasteiger partial charge < -0.3 is 9.84 Å². The van der Waals surface area contributed by atoms with Gasteiger partial charge in [-0.3, -0.25) is 0 Å². The van der Waals surface area contributed by atoms with Crippen LogP contribution in [0.25, 0.3) is 0 Å². The Balaban J connectivity index is 2.03. The monoisotopic (exact) mass is 270 g/mol. The molecule has 0 aliphatic heterocycles. The highest BCUT2D eigenvalue weighted by Crippen LogP contribution is 2.23. The second-order valence-electron chi connectivity index (χ2n) is 5.16. The van der Waals surface area contributed by atoms with E-state index in [-0.39, 0.29) is 0 Å². The normalized spacial score (nSPS) is 12.2. The molecule has 0 amide bonds. The zero-order valence-electron chi connectivity index (χ0n) is 12.4. The van der Waals surface area contributed by atoms with Crippen molar-refractivity contribution in [3.63, 3.8) is 0 Å². The topological polar surface area (TPSA) is 29.5 Å². The number of hydrogen-bond donors (Lipinski definition) is 1. The van der Waals surface area contributed by atoms with E-state index in [9.17, 15) is 5.11 Å². The molecule has 2 aromatic carbocycles. The lowest BCUT2D eigenvalue weighted by Gasteiger charge is -2.12. The molecule has 0 heterocycles. The first-order valence-corrected chi connectivity index (χ1v) is 7.09. The highest BCUT2D eigenvalue weighted by molar-refractivity contribution is 5.37. The van der Waals surface area contributed by atoms with Gasteiger partial charge in [-0.05, 0) is 54.7 Å². The molecule has 0 bridgehead atoms. The van der Waals surface area contributed by atoms with Crippen molar-refractivity contribution in [2.75, 3.05) is 0 Å². The maximum absolute atomic E-state index is 9.56. The lowest BCUT2D eigenvalue weighted by atomic mass is 10.1. The van der Waals surface area contributed by atoms with Crippen molar-refractivity contribution in [3.05, 3.63) is 64.7 Å². The second kappa shape index (κ2) is 6.58. The average molecular weight is 270 g/mol. The molecule has 2 rings (SSSR count). The lowest BCUT2D eigenvalue weighted by Crippen LogP contribution is -1.99. The minimum atomic E-state index is -0.440. The van der Waals surface area contributed by atoms with Crippen LogP contribution in [0.4, 0.5) is 0 Å². The Morgan fingerprint density at radius 3 is 2.25 bits per heavy atom. The minimum absolute atomic E-state index is 0.440. The van der Waals surface area contributed by atoms with Gasteiger partial charge in [-0.1, -0.05) is 37.3 Å². The first kappa shape index (κ1) is 14.6. The van der Waals surface area contributed by atoms with Crippen molar-refractivity contribution in [1.29, 1.82) is 0 Å². The largest absolute Gasteiger partial charge is 0.489 e. The van der Waals surface area contributed by atoms with Crippen LogP contribution in [0, 0.1) is 6.92 Å². The number of hydrogen-bond acceptors (Lipinski definition) is 2. The van der Waals surface area contributed by atoms with Crippen molar-refractivity contribution in [3.8, 4) is 5.75 Å². The molecule has 1 N–H and O–H groups in total. The summed E-state index contributed by atoms with van der Waals surface area (Å²) in [5.74, 6) is 0.869. The fraction of sp³-hybridized carbons (Fsp3) is 0.333. The molecule has 0 aromatic heterocycles. The van der Waals surface area contributed by atoms with Crippen molar-refractivity contribution >= 4 is 0 Å². The van der Waals surface area contributed by atoms with E-state index in [1.165, 1.54) is 11.1 Å². The molecule has 2 aromatic rings. The summed E-state index contributed by atoms with van der Waals surface area (Å²) < 4.78 is 5.85. The predicted molar refractivity (Wildman–Crippen MR) is 82.0 cm³/mol. The first-order chi connectivity index (χ1) is 9.60. The quantitative estimate of drug-likeness (QED) is 0.882. The number of benzene rings is 2. The van der Waals surface area contributed by atoms with Crippen molar-refractivity contribution in [1.82, 2.24) is 0 Å². The van der Waals surface area contributed by atoms with E-state index in [2.05, 4.69) is 31.2 Å². The van der Waals surface area contributed by atoms with Crippen LogP contribution >= 0.6 is 0 Å². The SMILES string of the molecule is CCc1ccc(COc2ccc([C@@H](C)O)cc2C)cc1. The summed E-state index contributed by atoms with van der Waals surface area (Å²) in [4.78, 5) is 0. The lowest BCUT2D eigenvalue weighted by molar-refractivity contribution is 0.199. The van der Waals surface area contributed by atoms with Crippen LogP contribution in [-0.4, -0.2) is 5.11 Å². The van der Waals surface area contributed by atoms with Gasteiger partial charge in [0.2, 0.25) is 0 Å². The molecule has 20 heavy (non-hydrogen) atoms. The van der Waals surface area contributed by atoms with E-state index < -0.39 is 6.10 Å². The highest BCUT2D eigenvalue weighted by Gasteiger charge is 2.05. The van der Waals surface area contributed by atoms with Gasteiger partial charge in [-0.2, -0.15) is 0 Å². The third-order valence-corrected chi connectivity index (χ3v) is 3.51. The zero-order chi connectivity index (χ0) is 14.5. The Morgan fingerprint density at radius 2 is 1.70 bits per heavy atom.